The molecule has 0 radical (unpaired) electrons. The van der Waals surface area contributed by atoms with Crippen molar-refractivity contribution >= 4 is 0 Å². The third-order valence-electron chi connectivity index (χ3n) is 4.98. The summed E-state index contributed by atoms with van der Waals surface area (Å²) < 4.78 is 0. The monoisotopic (exact) mass is 254 g/mol. The molecule has 0 aromatic rings. The lowest BCUT2D eigenvalue weighted by Crippen LogP contribution is -2.47. The molecular formula is C15H30N2O. The van der Waals surface area contributed by atoms with Crippen LogP contribution in [0.25, 0.3) is 0 Å². The smallest absolute Gasteiger partial charge is 0.0695 e. The Bertz CT molecular complexity index is 257. The van der Waals surface area contributed by atoms with Crippen molar-refractivity contribution < 1.29 is 5.11 Å². The Labute approximate surface area is 112 Å². The van der Waals surface area contributed by atoms with Gasteiger partial charge in [0.25, 0.3) is 0 Å². The summed E-state index contributed by atoms with van der Waals surface area (Å²) in [5.74, 6) is 0.849. The van der Waals surface area contributed by atoms with Gasteiger partial charge in [-0.1, -0.05) is 19.8 Å². The molecule has 18 heavy (non-hydrogen) atoms. The van der Waals surface area contributed by atoms with Crippen LogP contribution in [-0.4, -0.2) is 60.3 Å². The molecule has 0 aromatic carbocycles. The van der Waals surface area contributed by atoms with E-state index in [4.69, 9.17) is 0 Å². The lowest BCUT2D eigenvalue weighted by Gasteiger charge is -2.39. The van der Waals surface area contributed by atoms with Crippen molar-refractivity contribution in [1.29, 1.82) is 0 Å². The number of likely N-dealkylation sites (N-methyl/N-ethyl adjacent to an activating group) is 1. The lowest BCUT2D eigenvalue weighted by atomic mass is 9.81. The van der Waals surface area contributed by atoms with Gasteiger partial charge in [-0.25, -0.2) is 0 Å². The third-order valence-corrected chi connectivity index (χ3v) is 4.98. The van der Waals surface area contributed by atoms with Crippen LogP contribution in [0.2, 0.25) is 0 Å². The molecule has 0 aromatic heterocycles. The maximum absolute atomic E-state index is 10.3. The number of aliphatic hydroxyl groups is 1. The summed E-state index contributed by atoms with van der Waals surface area (Å²) in [5, 5.41) is 10.3. The Morgan fingerprint density at radius 3 is 2.61 bits per heavy atom. The van der Waals surface area contributed by atoms with Crippen LogP contribution in [0.5, 0.6) is 0 Å². The highest BCUT2D eigenvalue weighted by Gasteiger charge is 2.36. The van der Waals surface area contributed by atoms with Crippen LogP contribution in [-0.2, 0) is 0 Å². The molecule has 3 heteroatoms. The van der Waals surface area contributed by atoms with Gasteiger partial charge < -0.3 is 10.0 Å². The van der Waals surface area contributed by atoms with E-state index in [-0.39, 0.29) is 6.10 Å². The summed E-state index contributed by atoms with van der Waals surface area (Å²) in [6.45, 7) is 4.59. The van der Waals surface area contributed by atoms with E-state index < -0.39 is 0 Å². The van der Waals surface area contributed by atoms with Crippen molar-refractivity contribution in [3.05, 3.63) is 0 Å². The zero-order valence-electron chi connectivity index (χ0n) is 12.3. The first-order valence-electron chi connectivity index (χ1n) is 7.70. The summed E-state index contributed by atoms with van der Waals surface area (Å²) in [6, 6.07) is 1.11. The van der Waals surface area contributed by atoms with E-state index >= 15 is 0 Å². The van der Waals surface area contributed by atoms with Crippen LogP contribution in [0.15, 0.2) is 0 Å². The van der Waals surface area contributed by atoms with Crippen LogP contribution in [0, 0.1) is 5.92 Å². The number of hydrogen-bond donors (Lipinski definition) is 1. The van der Waals surface area contributed by atoms with Crippen molar-refractivity contribution in [2.24, 2.45) is 5.92 Å². The first-order valence-corrected chi connectivity index (χ1v) is 7.70. The highest BCUT2D eigenvalue weighted by atomic mass is 16.3. The Morgan fingerprint density at radius 1 is 1.22 bits per heavy atom. The number of likely N-dealkylation sites (tertiary alicyclic amines) is 1. The van der Waals surface area contributed by atoms with E-state index in [9.17, 15) is 5.11 Å². The van der Waals surface area contributed by atoms with Gasteiger partial charge in [0.1, 0.15) is 0 Å². The zero-order valence-corrected chi connectivity index (χ0v) is 12.3. The molecule has 1 N–H and O–H groups in total. The van der Waals surface area contributed by atoms with Gasteiger partial charge in [-0.05, 0) is 45.7 Å². The molecule has 2 aliphatic rings. The standard InChI is InChI=1S/C15H30N2O/c1-4-5-12-6-7-15(18)14(10-12)17-9-8-13(11-17)16(2)3/h12-15,18H,4-11H2,1-3H3. The van der Waals surface area contributed by atoms with Gasteiger partial charge in [0, 0.05) is 25.2 Å². The number of rotatable bonds is 4. The van der Waals surface area contributed by atoms with E-state index in [2.05, 4.69) is 30.8 Å². The molecule has 2 fully saturated rings. The predicted molar refractivity (Wildman–Crippen MR) is 75.7 cm³/mol. The minimum absolute atomic E-state index is 0.0842. The fraction of sp³-hybridized carbons (Fsp3) is 1.00. The highest BCUT2D eigenvalue weighted by molar-refractivity contribution is 4.92. The van der Waals surface area contributed by atoms with Crippen LogP contribution in [0.4, 0.5) is 0 Å². The Kier molecular flexibility index (Phi) is 5.05. The fourth-order valence-electron chi connectivity index (χ4n) is 3.77. The molecule has 1 saturated heterocycles. The molecule has 1 saturated carbocycles. The molecular weight excluding hydrogens is 224 g/mol. The number of aliphatic hydroxyl groups excluding tert-OH is 1. The minimum atomic E-state index is -0.0842. The molecule has 1 aliphatic carbocycles. The maximum Gasteiger partial charge on any atom is 0.0695 e. The number of hydrogen-bond acceptors (Lipinski definition) is 3. The third kappa shape index (κ3) is 3.25. The second kappa shape index (κ2) is 6.36. The normalized spacial score (nSPS) is 38.5. The van der Waals surface area contributed by atoms with E-state index in [1.54, 1.807) is 0 Å². The molecule has 0 amide bonds. The molecule has 4 atom stereocenters. The summed E-state index contributed by atoms with van der Waals surface area (Å²) in [4.78, 5) is 4.88. The van der Waals surface area contributed by atoms with Gasteiger partial charge in [0.2, 0.25) is 0 Å². The Morgan fingerprint density at radius 2 is 2.00 bits per heavy atom. The lowest BCUT2D eigenvalue weighted by molar-refractivity contribution is 0.00947. The largest absolute Gasteiger partial charge is 0.391 e. The van der Waals surface area contributed by atoms with Crippen LogP contribution < -0.4 is 0 Å². The molecule has 4 unspecified atom stereocenters. The Hall–Kier alpha value is -0.120. The molecule has 0 spiro atoms. The summed E-state index contributed by atoms with van der Waals surface area (Å²) >= 11 is 0. The van der Waals surface area contributed by atoms with Gasteiger partial charge >= 0.3 is 0 Å². The van der Waals surface area contributed by atoms with E-state index in [1.807, 2.05) is 0 Å². The highest BCUT2D eigenvalue weighted by Crippen LogP contribution is 2.32. The molecule has 2 rings (SSSR count). The van der Waals surface area contributed by atoms with Gasteiger partial charge in [-0.2, -0.15) is 0 Å². The quantitative estimate of drug-likeness (QED) is 0.831. The fourth-order valence-corrected chi connectivity index (χ4v) is 3.77. The minimum Gasteiger partial charge on any atom is -0.391 e. The number of nitrogens with zero attached hydrogens (tertiary/aromatic N) is 2. The van der Waals surface area contributed by atoms with Crippen molar-refractivity contribution in [3.63, 3.8) is 0 Å². The predicted octanol–water partition coefficient (Wildman–Crippen LogP) is 1.95. The zero-order chi connectivity index (χ0) is 13.1. The van der Waals surface area contributed by atoms with Crippen molar-refractivity contribution in [1.82, 2.24) is 9.80 Å². The second-order valence-electron chi connectivity index (χ2n) is 6.50. The molecule has 1 heterocycles. The van der Waals surface area contributed by atoms with Crippen molar-refractivity contribution in [2.75, 3.05) is 27.2 Å². The summed E-state index contributed by atoms with van der Waals surface area (Å²) in [5.41, 5.74) is 0. The van der Waals surface area contributed by atoms with Gasteiger partial charge in [-0.15, -0.1) is 0 Å². The summed E-state index contributed by atoms with van der Waals surface area (Å²) in [6.07, 6.45) is 7.26. The molecule has 0 bridgehead atoms. The van der Waals surface area contributed by atoms with Crippen LogP contribution in [0.1, 0.15) is 45.4 Å². The van der Waals surface area contributed by atoms with Crippen LogP contribution >= 0.6 is 0 Å². The van der Waals surface area contributed by atoms with Gasteiger partial charge in [0.15, 0.2) is 0 Å². The Balaban J connectivity index is 1.90. The summed E-state index contributed by atoms with van der Waals surface area (Å²) in [7, 11) is 4.34. The average Bonchev–Trinajstić information content (AvgIpc) is 2.81. The van der Waals surface area contributed by atoms with E-state index in [0.717, 1.165) is 18.9 Å². The maximum atomic E-state index is 10.3. The second-order valence-corrected chi connectivity index (χ2v) is 6.50. The van der Waals surface area contributed by atoms with E-state index in [0.29, 0.717) is 12.1 Å². The van der Waals surface area contributed by atoms with Gasteiger partial charge in [0.05, 0.1) is 6.10 Å². The van der Waals surface area contributed by atoms with Crippen molar-refractivity contribution in [3.8, 4) is 0 Å². The van der Waals surface area contributed by atoms with Gasteiger partial charge in [-0.3, -0.25) is 4.90 Å². The van der Waals surface area contributed by atoms with E-state index in [1.165, 1.54) is 38.6 Å². The van der Waals surface area contributed by atoms with Crippen LogP contribution in [0.3, 0.4) is 0 Å². The first kappa shape index (κ1) is 14.3. The van der Waals surface area contributed by atoms with Crippen molar-refractivity contribution in [2.45, 2.75) is 63.6 Å². The topological polar surface area (TPSA) is 26.7 Å². The first-order chi connectivity index (χ1) is 8.61. The SMILES string of the molecule is CCCC1CCC(O)C(N2CCC(N(C)C)C2)C1. The average molecular weight is 254 g/mol. The molecule has 3 nitrogen and oxygen atoms in total. The molecule has 1 aliphatic heterocycles. The molecule has 106 valence electrons.